The first kappa shape index (κ1) is 16.4. The number of aryl methyl sites for hydroxylation is 2. The Bertz CT molecular complexity index is 929. The van der Waals surface area contributed by atoms with Crippen molar-refractivity contribution in [2.24, 2.45) is 0 Å². The highest BCUT2D eigenvalue weighted by Gasteiger charge is 2.19. The van der Waals surface area contributed by atoms with E-state index in [9.17, 15) is 9.59 Å². The van der Waals surface area contributed by atoms with E-state index in [1.165, 1.54) is 11.3 Å². The molecule has 6 heteroatoms. The summed E-state index contributed by atoms with van der Waals surface area (Å²) in [5.41, 5.74) is 1.33. The molecular formula is C18H19N3O2S. The van der Waals surface area contributed by atoms with Crippen molar-refractivity contribution in [3.63, 3.8) is 0 Å². The Kier molecular flexibility index (Phi) is 4.76. The third kappa shape index (κ3) is 3.10. The molecular weight excluding hydrogens is 322 g/mol. The van der Waals surface area contributed by atoms with Gasteiger partial charge in [0.05, 0.1) is 10.9 Å². The molecule has 3 heterocycles. The normalized spacial score (nSPS) is 10.9. The summed E-state index contributed by atoms with van der Waals surface area (Å²) in [5.74, 6) is -0.214. The van der Waals surface area contributed by atoms with Crippen molar-refractivity contribution in [3.05, 3.63) is 63.1 Å². The van der Waals surface area contributed by atoms with E-state index in [1.54, 1.807) is 23.2 Å². The first-order chi connectivity index (χ1) is 11.6. The summed E-state index contributed by atoms with van der Waals surface area (Å²) in [6.07, 6.45) is 6.09. The number of thiophene rings is 1. The van der Waals surface area contributed by atoms with Crippen LogP contribution in [-0.4, -0.2) is 15.5 Å². The number of amides is 1. The summed E-state index contributed by atoms with van der Waals surface area (Å²) < 4.78 is 2.53. The number of hydrogen-bond acceptors (Lipinski definition) is 4. The van der Waals surface area contributed by atoms with Crippen molar-refractivity contribution in [2.75, 3.05) is 0 Å². The maximum absolute atomic E-state index is 12.7. The standard InChI is InChI=1S/C18H19N3O2S/c1-3-8-21-9-6-14-16(18(21)23)15(12(2)24-14)17(22)20-11-13-5-4-7-19-10-13/h4-7,9-10H,3,8,11H2,1-2H3,(H,20,22). The van der Waals surface area contributed by atoms with Crippen LogP contribution in [0.1, 0.15) is 34.1 Å². The van der Waals surface area contributed by atoms with Crippen molar-refractivity contribution in [1.29, 1.82) is 0 Å². The molecule has 0 radical (unpaired) electrons. The predicted octanol–water partition coefficient (Wildman–Crippen LogP) is 3.11. The average molecular weight is 341 g/mol. The molecule has 1 amide bonds. The molecule has 0 aliphatic heterocycles. The van der Waals surface area contributed by atoms with E-state index in [4.69, 9.17) is 0 Å². The van der Waals surface area contributed by atoms with Gasteiger partial charge in [-0.2, -0.15) is 0 Å². The quantitative estimate of drug-likeness (QED) is 0.775. The van der Waals surface area contributed by atoms with E-state index in [2.05, 4.69) is 10.3 Å². The number of nitrogens with zero attached hydrogens (tertiary/aromatic N) is 2. The van der Waals surface area contributed by atoms with Crippen molar-refractivity contribution in [3.8, 4) is 0 Å². The molecule has 24 heavy (non-hydrogen) atoms. The number of hydrogen-bond donors (Lipinski definition) is 1. The van der Waals surface area contributed by atoms with Gasteiger partial charge in [-0.15, -0.1) is 11.3 Å². The molecule has 0 aliphatic rings. The Morgan fingerprint density at radius 2 is 2.21 bits per heavy atom. The van der Waals surface area contributed by atoms with Gasteiger partial charge in [-0.3, -0.25) is 14.6 Å². The third-order valence-corrected chi connectivity index (χ3v) is 4.93. The lowest BCUT2D eigenvalue weighted by Gasteiger charge is -2.07. The summed E-state index contributed by atoms with van der Waals surface area (Å²) >= 11 is 1.48. The zero-order valence-electron chi connectivity index (χ0n) is 13.7. The van der Waals surface area contributed by atoms with Gasteiger partial charge in [0.25, 0.3) is 11.5 Å². The molecule has 1 N–H and O–H groups in total. The number of aromatic nitrogens is 2. The Balaban J connectivity index is 1.95. The average Bonchev–Trinajstić information content (AvgIpc) is 2.93. The van der Waals surface area contributed by atoms with Crippen LogP contribution in [0.5, 0.6) is 0 Å². The fraction of sp³-hybridized carbons (Fsp3) is 0.278. The number of nitrogens with one attached hydrogen (secondary N) is 1. The molecule has 0 spiro atoms. The van der Waals surface area contributed by atoms with Crippen LogP contribution >= 0.6 is 11.3 Å². The fourth-order valence-electron chi connectivity index (χ4n) is 2.73. The van der Waals surface area contributed by atoms with E-state index in [1.807, 2.05) is 32.0 Å². The highest BCUT2D eigenvalue weighted by atomic mass is 32.1. The second-order valence-corrected chi connectivity index (χ2v) is 6.89. The maximum Gasteiger partial charge on any atom is 0.260 e. The van der Waals surface area contributed by atoms with Gasteiger partial charge in [0.2, 0.25) is 0 Å². The number of pyridine rings is 2. The molecule has 0 bridgehead atoms. The lowest BCUT2D eigenvalue weighted by molar-refractivity contribution is 0.0952. The molecule has 0 saturated heterocycles. The first-order valence-electron chi connectivity index (χ1n) is 7.91. The van der Waals surface area contributed by atoms with Crippen LogP contribution in [0, 0.1) is 6.92 Å². The molecule has 0 aliphatic carbocycles. The van der Waals surface area contributed by atoms with E-state index < -0.39 is 0 Å². The lowest BCUT2D eigenvalue weighted by Crippen LogP contribution is -2.26. The largest absolute Gasteiger partial charge is 0.348 e. The Morgan fingerprint density at radius 1 is 1.38 bits per heavy atom. The van der Waals surface area contributed by atoms with Crippen molar-refractivity contribution in [1.82, 2.24) is 14.9 Å². The van der Waals surface area contributed by atoms with E-state index in [0.29, 0.717) is 24.0 Å². The molecule has 3 aromatic rings. The maximum atomic E-state index is 12.7. The monoisotopic (exact) mass is 341 g/mol. The smallest absolute Gasteiger partial charge is 0.260 e. The van der Waals surface area contributed by atoms with Crippen LogP contribution in [0.15, 0.2) is 41.6 Å². The summed E-state index contributed by atoms with van der Waals surface area (Å²) in [5, 5.41) is 3.42. The first-order valence-corrected chi connectivity index (χ1v) is 8.73. The van der Waals surface area contributed by atoms with Gasteiger partial charge in [0, 0.05) is 41.3 Å². The zero-order valence-corrected chi connectivity index (χ0v) is 14.5. The van der Waals surface area contributed by atoms with Crippen LogP contribution in [0.2, 0.25) is 0 Å². The number of fused-ring (bicyclic) bond motifs is 1. The van der Waals surface area contributed by atoms with E-state index in [0.717, 1.165) is 21.6 Å². The van der Waals surface area contributed by atoms with Crippen LogP contribution in [-0.2, 0) is 13.1 Å². The van der Waals surface area contributed by atoms with Crippen LogP contribution < -0.4 is 10.9 Å². The van der Waals surface area contributed by atoms with E-state index >= 15 is 0 Å². The van der Waals surface area contributed by atoms with Gasteiger partial charge in [-0.25, -0.2) is 0 Å². The number of carbonyl (C=O) groups excluding carboxylic acids is 1. The Labute approximate surface area is 144 Å². The molecule has 3 aromatic heterocycles. The van der Waals surface area contributed by atoms with Crippen molar-refractivity contribution < 1.29 is 4.79 Å². The van der Waals surface area contributed by atoms with Crippen LogP contribution in [0.3, 0.4) is 0 Å². The highest BCUT2D eigenvalue weighted by Crippen LogP contribution is 2.28. The summed E-state index contributed by atoms with van der Waals surface area (Å²) in [4.78, 5) is 30.3. The molecule has 5 nitrogen and oxygen atoms in total. The van der Waals surface area contributed by atoms with Gasteiger partial charge in [-0.05, 0) is 31.0 Å². The van der Waals surface area contributed by atoms with Crippen LogP contribution in [0.4, 0.5) is 0 Å². The summed E-state index contributed by atoms with van der Waals surface area (Å²) in [6, 6.07) is 5.65. The molecule has 0 unspecified atom stereocenters. The third-order valence-electron chi connectivity index (χ3n) is 3.86. The zero-order chi connectivity index (χ0) is 17.1. The van der Waals surface area contributed by atoms with Gasteiger partial charge in [0.15, 0.2) is 0 Å². The lowest BCUT2D eigenvalue weighted by atomic mass is 10.1. The second-order valence-electron chi connectivity index (χ2n) is 5.63. The molecule has 0 atom stereocenters. The van der Waals surface area contributed by atoms with Gasteiger partial charge in [0.1, 0.15) is 0 Å². The number of carbonyl (C=O) groups is 1. The van der Waals surface area contributed by atoms with Crippen LogP contribution in [0.25, 0.3) is 10.1 Å². The molecule has 0 fully saturated rings. The summed E-state index contributed by atoms with van der Waals surface area (Å²) in [7, 11) is 0. The second kappa shape index (κ2) is 6.97. The minimum Gasteiger partial charge on any atom is -0.348 e. The summed E-state index contributed by atoms with van der Waals surface area (Å²) in [6.45, 7) is 4.95. The Morgan fingerprint density at radius 3 is 2.92 bits per heavy atom. The van der Waals surface area contributed by atoms with Crippen molar-refractivity contribution in [2.45, 2.75) is 33.4 Å². The minimum absolute atomic E-state index is 0.0924. The predicted molar refractivity (Wildman–Crippen MR) is 96.5 cm³/mol. The Hall–Kier alpha value is -2.47. The van der Waals surface area contributed by atoms with Gasteiger partial charge < -0.3 is 9.88 Å². The molecule has 0 aromatic carbocycles. The topological polar surface area (TPSA) is 64.0 Å². The van der Waals surface area contributed by atoms with E-state index in [-0.39, 0.29) is 11.5 Å². The van der Waals surface area contributed by atoms with Gasteiger partial charge >= 0.3 is 0 Å². The van der Waals surface area contributed by atoms with Gasteiger partial charge in [-0.1, -0.05) is 13.0 Å². The fourth-order valence-corrected chi connectivity index (χ4v) is 3.78. The SMILES string of the molecule is CCCn1ccc2sc(C)c(C(=O)NCc3cccnc3)c2c1=O. The molecule has 124 valence electrons. The molecule has 0 saturated carbocycles. The highest BCUT2D eigenvalue weighted by molar-refractivity contribution is 7.19. The number of rotatable bonds is 5. The minimum atomic E-state index is -0.214. The molecule has 3 rings (SSSR count). The van der Waals surface area contributed by atoms with Crippen molar-refractivity contribution >= 4 is 27.3 Å².